The lowest BCUT2D eigenvalue weighted by Crippen LogP contribution is -2.54. The number of nitrogens with one attached hydrogen (secondary N) is 4. The number of hydrogen-bond acceptors (Lipinski definition) is 10. The van der Waals surface area contributed by atoms with Gasteiger partial charge in [0.05, 0.1) is 20.4 Å². The molecule has 0 bridgehead atoms. The highest BCUT2D eigenvalue weighted by molar-refractivity contribution is 5.90. The molecule has 4 aromatic carbocycles. The maximum Gasteiger partial charge on any atom is 0.160 e. The van der Waals surface area contributed by atoms with E-state index in [1.807, 2.05) is 45.5 Å². The summed E-state index contributed by atoms with van der Waals surface area (Å²) in [6.45, 7) is 1.33. The molecule has 4 aliphatic rings. The molecule has 0 saturated heterocycles. The number of hydrogen-bond donors (Lipinski definition) is 7. The highest BCUT2D eigenvalue weighted by Crippen LogP contribution is 2.61. The number of phenols is 2. The molecule has 2 aliphatic carbocycles. The molecule has 9 rings (SSSR count). The van der Waals surface area contributed by atoms with Gasteiger partial charge in [0.1, 0.15) is 29.0 Å². The first kappa shape index (κ1) is 36.6. The zero-order valence-electron chi connectivity index (χ0n) is 32.3. The number of aromatic nitrogens is 1. The van der Waals surface area contributed by atoms with Crippen molar-refractivity contribution >= 4 is 17.0 Å². The van der Waals surface area contributed by atoms with Crippen molar-refractivity contribution in [2.24, 2.45) is 0 Å². The third-order valence-corrected chi connectivity index (χ3v) is 12.4. The third kappa shape index (κ3) is 5.75. The van der Waals surface area contributed by atoms with Crippen molar-refractivity contribution in [1.82, 2.24) is 20.9 Å². The van der Waals surface area contributed by atoms with Gasteiger partial charge in [0.15, 0.2) is 17.6 Å². The van der Waals surface area contributed by atoms with Gasteiger partial charge in [0, 0.05) is 59.4 Å². The summed E-state index contributed by atoms with van der Waals surface area (Å²) in [4.78, 5) is 3.35. The van der Waals surface area contributed by atoms with Crippen LogP contribution in [0.15, 0.2) is 66.4 Å². The monoisotopic (exact) mass is 758 g/mol. The van der Waals surface area contributed by atoms with Gasteiger partial charge in [0.2, 0.25) is 0 Å². The minimum Gasteiger partial charge on any atom is -0.507 e. The van der Waals surface area contributed by atoms with E-state index in [2.05, 4.69) is 57.3 Å². The molecule has 2 aliphatic heterocycles. The summed E-state index contributed by atoms with van der Waals surface area (Å²) in [7, 11) is 7.30. The number of aromatic amines is 1. The highest BCUT2D eigenvalue weighted by Gasteiger charge is 2.51. The normalized spacial score (nSPS) is 23.3. The van der Waals surface area contributed by atoms with Crippen LogP contribution in [0, 0.1) is 0 Å². The average molecular weight is 759 g/mol. The van der Waals surface area contributed by atoms with Crippen LogP contribution in [0.1, 0.15) is 63.3 Å². The number of benzene rings is 4. The lowest BCUT2D eigenvalue weighted by molar-refractivity contribution is -0.128. The fourth-order valence-electron chi connectivity index (χ4n) is 10.0. The zero-order chi connectivity index (χ0) is 38.7. The van der Waals surface area contributed by atoms with Gasteiger partial charge in [-0.2, -0.15) is 0 Å². The number of phenolic OH excluding ortho intramolecular Hbond substituents is 2. The Morgan fingerprint density at radius 1 is 0.893 bits per heavy atom. The summed E-state index contributed by atoms with van der Waals surface area (Å²) in [5.74, 6) is 2.20. The predicted octanol–water partition coefficient (Wildman–Crippen LogP) is 5.81. The second-order valence-electron chi connectivity index (χ2n) is 15.6. The molecular weight excluding hydrogens is 709 g/mol. The molecule has 1 aromatic heterocycles. The van der Waals surface area contributed by atoms with Gasteiger partial charge in [-0.15, -0.1) is 0 Å². The molecule has 56 heavy (non-hydrogen) atoms. The Hall–Kier alpha value is -5.04. The first-order chi connectivity index (χ1) is 27.3. The number of aliphatic hydroxyl groups is 1. The fourth-order valence-corrected chi connectivity index (χ4v) is 10.0. The highest BCUT2D eigenvalue weighted by atomic mass is 16.6. The van der Waals surface area contributed by atoms with E-state index in [0.29, 0.717) is 44.5 Å². The molecular formula is C45H50N4O7. The number of fused-ring (bicyclic) bond motifs is 8. The SMILES string of the molecule is CNCO[C@]1(CNC)Cc2c3c(c4c(c2O[C@@H]1c1ccc(O)c(OC)c1)CC[C@H](CO)O4)-c1ccc(O)c2c1[C@H](C3)[C@@H](c1ccc3[nH]ccc3c1)C(CNC)=C2. The Morgan fingerprint density at radius 3 is 2.52 bits per heavy atom. The minimum absolute atomic E-state index is 0.0141. The van der Waals surface area contributed by atoms with Crippen LogP contribution >= 0.6 is 0 Å². The average Bonchev–Trinajstić information content (AvgIpc) is 3.69. The van der Waals surface area contributed by atoms with Crippen LogP contribution in [0.25, 0.3) is 28.1 Å². The smallest absolute Gasteiger partial charge is 0.160 e. The summed E-state index contributed by atoms with van der Waals surface area (Å²) >= 11 is 0. The topological polar surface area (TPSA) is 149 Å². The number of rotatable bonds is 11. The Kier molecular flexibility index (Phi) is 9.46. The van der Waals surface area contributed by atoms with E-state index >= 15 is 0 Å². The van der Waals surface area contributed by atoms with Crippen molar-refractivity contribution in [3.8, 4) is 39.9 Å². The Labute approximate surface area is 326 Å². The van der Waals surface area contributed by atoms with Crippen molar-refractivity contribution in [3.63, 3.8) is 0 Å². The van der Waals surface area contributed by atoms with E-state index in [1.54, 1.807) is 13.2 Å². The first-order valence-electron chi connectivity index (χ1n) is 19.6. The van der Waals surface area contributed by atoms with Crippen molar-refractivity contribution in [2.75, 3.05) is 54.7 Å². The van der Waals surface area contributed by atoms with E-state index < -0.39 is 11.7 Å². The predicted molar refractivity (Wildman–Crippen MR) is 216 cm³/mol. The number of aliphatic hydroxyl groups excluding tert-OH is 1. The standard InChI is InChI=1S/C45H50N4O7/c1-46-20-27-16-32-36(51)12-9-29-40(32)33(39(27)25-5-10-35-24(15-25)13-14-49-35)18-31-34-19-45(22-47-2,54-23-48-3)44(26-6-11-37(52)38(17-26)53-4)56-42(34)30-8-7-28(21-50)55-43(30)41(29)31/h5-6,9-17,28,33,39,44,46-52H,7-8,18-23H2,1-4H3/t28-,33-,39+,44-,45+/m1/s1. The van der Waals surface area contributed by atoms with Crippen molar-refractivity contribution < 1.29 is 34.3 Å². The van der Waals surface area contributed by atoms with Crippen molar-refractivity contribution in [2.45, 2.75) is 55.3 Å². The number of methoxy groups -OCH3 is 1. The molecule has 0 unspecified atom stereocenters. The van der Waals surface area contributed by atoms with Gasteiger partial charge in [-0.25, -0.2) is 0 Å². The minimum atomic E-state index is -0.874. The Bertz CT molecular complexity index is 2350. The van der Waals surface area contributed by atoms with E-state index in [0.717, 1.165) is 66.9 Å². The van der Waals surface area contributed by atoms with Gasteiger partial charge >= 0.3 is 0 Å². The van der Waals surface area contributed by atoms with E-state index in [-0.39, 0.29) is 42.8 Å². The molecule has 5 aromatic rings. The van der Waals surface area contributed by atoms with Gasteiger partial charge < -0.3 is 49.9 Å². The van der Waals surface area contributed by atoms with E-state index in [1.165, 1.54) is 11.1 Å². The number of likely N-dealkylation sites (N-methyl/N-ethyl adjacent to an activating group) is 2. The van der Waals surface area contributed by atoms with Crippen LogP contribution in [0.4, 0.5) is 0 Å². The van der Waals surface area contributed by atoms with Crippen LogP contribution in [-0.4, -0.2) is 86.7 Å². The molecule has 3 heterocycles. The van der Waals surface area contributed by atoms with E-state index in [9.17, 15) is 15.3 Å². The van der Waals surface area contributed by atoms with Crippen LogP contribution in [0.2, 0.25) is 0 Å². The molecule has 0 radical (unpaired) electrons. The molecule has 0 spiro atoms. The maximum atomic E-state index is 11.5. The van der Waals surface area contributed by atoms with Gasteiger partial charge in [-0.1, -0.05) is 18.2 Å². The molecule has 0 amide bonds. The summed E-state index contributed by atoms with van der Waals surface area (Å²) in [5.41, 5.74) is 10.7. The second-order valence-corrected chi connectivity index (χ2v) is 15.6. The van der Waals surface area contributed by atoms with Gasteiger partial charge in [-0.3, -0.25) is 5.32 Å². The van der Waals surface area contributed by atoms with Crippen LogP contribution < -0.4 is 30.2 Å². The Morgan fingerprint density at radius 2 is 1.73 bits per heavy atom. The Balaban J connectivity index is 1.30. The summed E-state index contributed by atoms with van der Waals surface area (Å²) in [5, 5.41) is 43.7. The second kappa shape index (κ2) is 14.5. The van der Waals surface area contributed by atoms with Crippen LogP contribution in [0.3, 0.4) is 0 Å². The lowest BCUT2D eigenvalue weighted by Gasteiger charge is -2.48. The number of aromatic hydroxyl groups is 2. The van der Waals surface area contributed by atoms with Gasteiger partial charge in [-0.05, 0) is 128 Å². The van der Waals surface area contributed by atoms with Crippen LogP contribution in [0.5, 0.6) is 28.7 Å². The summed E-state index contributed by atoms with van der Waals surface area (Å²) in [6, 6.07) is 18.0. The van der Waals surface area contributed by atoms with Crippen molar-refractivity contribution in [3.05, 3.63) is 105 Å². The molecule has 0 fully saturated rings. The van der Waals surface area contributed by atoms with Gasteiger partial charge in [0.25, 0.3) is 0 Å². The number of ether oxygens (including phenoxy) is 4. The number of H-pyrrole nitrogens is 1. The molecule has 11 heteroatoms. The molecule has 5 atom stereocenters. The maximum absolute atomic E-state index is 11.5. The quantitative estimate of drug-likeness (QED) is 0.0824. The molecule has 7 N–H and O–H groups in total. The zero-order valence-corrected chi connectivity index (χ0v) is 32.3. The van der Waals surface area contributed by atoms with Crippen molar-refractivity contribution in [1.29, 1.82) is 0 Å². The van der Waals surface area contributed by atoms with E-state index in [4.69, 9.17) is 18.9 Å². The lowest BCUT2D eigenvalue weighted by atomic mass is 9.62. The fraction of sp³-hybridized carbons (Fsp3) is 0.378. The third-order valence-electron chi connectivity index (χ3n) is 12.4. The first-order valence-corrected chi connectivity index (χ1v) is 19.6. The summed E-state index contributed by atoms with van der Waals surface area (Å²) < 4.78 is 26.6. The summed E-state index contributed by atoms with van der Waals surface area (Å²) in [6.07, 6.45) is 5.72. The molecule has 292 valence electrons. The molecule has 11 nitrogen and oxygen atoms in total. The van der Waals surface area contributed by atoms with Crippen LogP contribution in [-0.2, 0) is 24.0 Å². The largest absolute Gasteiger partial charge is 0.507 e. The molecule has 0 saturated carbocycles.